The first-order chi connectivity index (χ1) is 11.3. The van der Waals surface area contributed by atoms with Crippen molar-refractivity contribution in [3.63, 3.8) is 0 Å². The number of hydrogen-bond acceptors (Lipinski definition) is 3. The summed E-state index contributed by atoms with van der Waals surface area (Å²) in [4.78, 5) is 9.02. The van der Waals surface area contributed by atoms with Crippen LogP contribution in [-0.4, -0.2) is 24.3 Å². The lowest BCUT2D eigenvalue weighted by atomic mass is 10.1. The lowest BCUT2D eigenvalue weighted by molar-refractivity contribution is 0.676. The Morgan fingerprint density at radius 3 is 3.00 bits per heavy atom. The van der Waals surface area contributed by atoms with Gasteiger partial charge in [0.05, 0.1) is 23.6 Å². The van der Waals surface area contributed by atoms with Gasteiger partial charge in [0.25, 0.3) is 0 Å². The lowest BCUT2D eigenvalue weighted by Crippen LogP contribution is -2.05. The largest absolute Gasteiger partial charge is 0.300 e. The van der Waals surface area contributed by atoms with Gasteiger partial charge in [-0.25, -0.2) is 14.6 Å². The molecule has 0 N–H and O–H groups in total. The van der Waals surface area contributed by atoms with Crippen LogP contribution < -0.4 is 0 Å². The normalized spacial score (nSPS) is 16.0. The van der Waals surface area contributed by atoms with Gasteiger partial charge in [-0.05, 0) is 43.0 Å². The molecule has 0 spiro atoms. The van der Waals surface area contributed by atoms with Crippen LogP contribution in [-0.2, 0) is 6.54 Å². The van der Waals surface area contributed by atoms with E-state index in [1.54, 1.807) is 6.33 Å². The third kappa shape index (κ3) is 2.11. The average Bonchev–Trinajstić information content (AvgIpc) is 3.16. The molecule has 0 unspecified atom stereocenters. The maximum absolute atomic E-state index is 6.19. The minimum absolute atomic E-state index is 0.645. The van der Waals surface area contributed by atoms with Crippen LogP contribution in [0.15, 0.2) is 36.9 Å². The smallest absolute Gasteiger partial charge is 0.160 e. The van der Waals surface area contributed by atoms with Crippen molar-refractivity contribution >= 4 is 17.7 Å². The molecule has 2 aliphatic rings. The number of rotatable bonds is 2. The van der Waals surface area contributed by atoms with E-state index in [9.17, 15) is 0 Å². The van der Waals surface area contributed by atoms with E-state index in [4.69, 9.17) is 11.6 Å². The third-order valence-corrected chi connectivity index (χ3v) is 4.66. The van der Waals surface area contributed by atoms with Gasteiger partial charge >= 0.3 is 0 Å². The fourth-order valence-electron chi connectivity index (χ4n) is 3.04. The molecule has 1 saturated carbocycles. The fraction of sp³-hybridized carbons (Fsp3) is 0.235. The maximum Gasteiger partial charge on any atom is 0.160 e. The molecule has 1 aliphatic heterocycles. The molecule has 1 fully saturated rings. The summed E-state index contributed by atoms with van der Waals surface area (Å²) in [7, 11) is 0. The summed E-state index contributed by atoms with van der Waals surface area (Å²) in [5.74, 6) is 1.56. The zero-order valence-electron chi connectivity index (χ0n) is 12.4. The summed E-state index contributed by atoms with van der Waals surface area (Å²) in [6.45, 7) is 0.645. The summed E-state index contributed by atoms with van der Waals surface area (Å²) in [6, 6.07) is 5.85. The standard InChI is InChI=1S/C17H14ClN5/c18-12-4-6-15-13(7-12)17-19-9-21-23(17)8-16-14(20-10-22(15)16)5-3-11-1-2-11/h3-7,9-11H,1-2,8H2/b5-3+. The van der Waals surface area contributed by atoms with Gasteiger partial charge < -0.3 is 0 Å². The highest BCUT2D eigenvalue weighted by atomic mass is 35.5. The summed E-state index contributed by atoms with van der Waals surface area (Å²) in [6.07, 6.45) is 10.5. The van der Waals surface area contributed by atoms with E-state index < -0.39 is 0 Å². The quantitative estimate of drug-likeness (QED) is 0.566. The molecule has 0 saturated heterocycles. The van der Waals surface area contributed by atoms with Crippen LogP contribution in [0.4, 0.5) is 0 Å². The molecule has 5 rings (SSSR count). The first kappa shape index (κ1) is 13.1. The van der Waals surface area contributed by atoms with Crippen molar-refractivity contribution in [2.75, 3.05) is 0 Å². The van der Waals surface area contributed by atoms with Gasteiger partial charge in [-0.15, -0.1) is 0 Å². The first-order valence-corrected chi connectivity index (χ1v) is 8.10. The van der Waals surface area contributed by atoms with Crippen LogP contribution in [0, 0.1) is 5.92 Å². The molecule has 0 amide bonds. The van der Waals surface area contributed by atoms with Crippen LogP contribution in [0.5, 0.6) is 0 Å². The first-order valence-electron chi connectivity index (χ1n) is 7.72. The molecule has 1 aliphatic carbocycles. The van der Waals surface area contributed by atoms with Crippen LogP contribution in [0.2, 0.25) is 5.02 Å². The molecule has 6 heteroatoms. The van der Waals surface area contributed by atoms with Crippen LogP contribution in [0.25, 0.3) is 23.2 Å². The highest BCUT2D eigenvalue weighted by Gasteiger charge is 2.23. The van der Waals surface area contributed by atoms with Crippen molar-refractivity contribution in [3.05, 3.63) is 53.3 Å². The fourth-order valence-corrected chi connectivity index (χ4v) is 3.21. The van der Waals surface area contributed by atoms with Gasteiger partial charge in [0, 0.05) is 10.6 Å². The Morgan fingerprint density at radius 2 is 2.13 bits per heavy atom. The SMILES string of the molecule is Clc1ccc2c(c1)-c1ncnn1Cc1c(/C=C/C3CC3)ncn1-2. The number of fused-ring (bicyclic) bond motifs is 5. The number of hydrogen-bond donors (Lipinski definition) is 0. The molecule has 3 aromatic rings. The van der Waals surface area contributed by atoms with Gasteiger partial charge in [0.2, 0.25) is 0 Å². The second kappa shape index (κ2) is 4.80. The molecule has 0 radical (unpaired) electrons. The molecular weight excluding hydrogens is 310 g/mol. The minimum Gasteiger partial charge on any atom is -0.300 e. The van der Waals surface area contributed by atoms with Gasteiger partial charge in [0.1, 0.15) is 12.7 Å². The summed E-state index contributed by atoms with van der Waals surface area (Å²) in [5.41, 5.74) is 4.13. The van der Waals surface area contributed by atoms with Crippen LogP contribution in [0.1, 0.15) is 24.2 Å². The highest BCUT2D eigenvalue weighted by molar-refractivity contribution is 6.31. The number of halogens is 1. The highest BCUT2D eigenvalue weighted by Crippen LogP contribution is 2.34. The number of imidazole rings is 1. The monoisotopic (exact) mass is 323 g/mol. The topological polar surface area (TPSA) is 48.5 Å². The second-order valence-corrected chi connectivity index (χ2v) is 6.48. The number of nitrogens with zero attached hydrogens (tertiary/aromatic N) is 5. The lowest BCUT2D eigenvalue weighted by Gasteiger charge is -2.08. The van der Waals surface area contributed by atoms with E-state index in [-0.39, 0.29) is 0 Å². The van der Waals surface area contributed by atoms with Crippen molar-refractivity contribution in [3.8, 4) is 17.1 Å². The van der Waals surface area contributed by atoms with Crippen molar-refractivity contribution in [1.82, 2.24) is 24.3 Å². The van der Waals surface area contributed by atoms with E-state index in [1.165, 1.54) is 12.8 Å². The molecular formula is C17H14ClN5. The van der Waals surface area contributed by atoms with E-state index in [1.807, 2.05) is 29.2 Å². The van der Waals surface area contributed by atoms with Crippen molar-refractivity contribution in [1.29, 1.82) is 0 Å². The van der Waals surface area contributed by atoms with Crippen LogP contribution >= 0.6 is 11.6 Å². The Morgan fingerprint density at radius 1 is 1.22 bits per heavy atom. The molecule has 23 heavy (non-hydrogen) atoms. The zero-order valence-corrected chi connectivity index (χ0v) is 13.1. The Balaban J connectivity index is 1.73. The molecule has 3 heterocycles. The predicted octanol–water partition coefficient (Wildman–Crippen LogP) is 3.57. The summed E-state index contributed by atoms with van der Waals surface area (Å²) < 4.78 is 4.03. The predicted molar refractivity (Wildman–Crippen MR) is 88.5 cm³/mol. The Kier molecular flexibility index (Phi) is 2.73. The Labute approximate surface area is 138 Å². The number of allylic oxidation sites excluding steroid dienone is 1. The van der Waals surface area contributed by atoms with E-state index in [0.717, 1.165) is 34.4 Å². The Hall–Kier alpha value is -2.40. The van der Waals surface area contributed by atoms with Crippen molar-refractivity contribution in [2.45, 2.75) is 19.4 Å². The number of benzene rings is 1. The number of aromatic nitrogens is 5. The van der Waals surface area contributed by atoms with Crippen LogP contribution in [0.3, 0.4) is 0 Å². The Bertz CT molecular complexity index is 932. The maximum atomic E-state index is 6.19. The van der Waals surface area contributed by atoms with Gasteiger partial charge in [0.15, 0.2) is 5.82 Å². The van der Waals surface area contributed by atoms with Gasteiger partial charge in [-0.2, -0.15) is 5.10 Å². The van der Waals surface area contributed by atoms with E-state index >= 15 is 0 Å². The molecule has 114 valence electrons. The average molecular weight is 324 g/mol. The molecule has 0 atom stereocenters. The van der Waals surface area contributed by atoms with Gasteiger partial charge in [-0.1, -0.05) is 17.7 Å². The summed E-state index contributed by atoms with van der Waals surface area (Å²) >= 11 is 6.19. The third-order valence-electron chi connectivity index (χ3n) is 4.42. The second-order valence-electron chi connectivity index (χ2n) is 6.05. The summed E-state index contributed by atoms with van der Waals surface area (Å²) in [5, 5.41) is 5.06. The molecule has 1 aromatic carbocycles. The molecule has 2 aromatic heterocycles. The van der Waals surface area contributed by atoms with E-state index in [2.05, 4.69) is 31.8 Å². The molecule has 5 nitrogen and oxygen atoms in total. The van der Waals surface area contributed by atoms with Gasteiger partial charge in [-0.3, -0.25) is 4.57 Å². The molecule has 0 bridgehead atoms. The van der Waals surface area contributed by atoms with Crippen molar-refractivity contribution in [2.24, 2.45) is 5.92 Å². The minimum atomic E-state index is 0.645. The van der Waals surface area contributed by atoms with Crippen molar-refractivity contribution < 1.29 is 0 Å². The van der Waals surface area contributed by atoms with E-state index in [0.29, 0.717) is 11.6 Å². The zero-order chi connectivity index (χ0) is 15.4.